The number of ether oxygens (including phenoxy) is 2. The molecule has 2 saturated heterocycles. The van der Waals surface area contributed by atoms with Crippen LogP contribution in [-0.2, 0) is 9.47 Å². The summed E-state index contributed by atoms with van der Waals surface area (Å²) >= 11 is 0. The van der Waals surface area contributed by atoms with Gasteiger partial charge in [-0.25, -0.2) is 9.18 Å². The number of rotatable bonds is 3. The van der Waals surface area contributed by atoms with Crippen LogP contribution in [0.25, 0.3) is 0 Å². The monoisotopic (exact) mass is 306 g/mol. The Hall–Kier alpha value is -2.08. The van der Waals surface area contributed by atoms with Crippen LogP contribution in [0.2, 0.25) is 0 Å². The minimum atomic E-state index is -0.466. The summed E-state index contributed by atoms with van der Waals surface area (Å²) in [5.74, 6) is -0.342. The van der Waals surface area contributed by atoms with Gasteiger partial charge in [0.15, 0.2) is 0 Å². The van der Waals surface area contributed by atoms with Crippen molar-refractivity contribution in [2.45, 2.75) is 13.0 Å². The molecule has 22 heavy (non-hydrogen) atoms. The third-order valence-corrected chi connectivity index (χ3v) is 3.96. The van der Waals surface area contributed by atoms with Crippen LogP contribution in [0.15, 0.2) is 30.4 Å². The molecule has 5 nitrogen and oxygen atoms in total. The highest BCUT2D eigenvalue weighted by molar-refractivity contribution is 5.90. The predicted molar refractivity (Wildman–Crippen MR) is 81.9 cm³/mol. The molecule has 0 radical (unpaired) electrons. The summed E-state index contributed by atoms with van der Waals surface area (Å²) in [6.45, 7) is 8.50. The molecule has 1 unspecified atom stereocenters. The first-order valence-electron chi connectivity index (χ1n) is 7.32. The molecule has 1 amide bonds. The van der Waals surface area contributed by atoms with E-state index in [0.717, 1.165) is 5.57 Å². The number of hydrogen-bond donors (Lipinski definition) is 0. The number of halogens is 1. The molecule has 2 fully saturated rings. The highest BCUT2D eigenvalue weighted by Crippen LogP contribution is 2.29. The molecule has 0 N–H and O–H groups in total. The second-order valence-corrected chi connectivity index (χ2v) is 5.56. The Morgan fingerprint density at radius 3 is 2.68 bits per heavy atom. The van der Waals surface area contributed by atoms with Crippen molar-refractivity contribution in [3.63, 3.8) is 0 Å². The molecular weight excluding hydrogens is 287 g/mol. The SMILES string of the molecule is C=C(C)C1CN(c2ccc(N3CCOCC3)c(F)c2)C(=O)O1. The summed E-state index contributed by atoms with van der Waals surface area (Å²) in [6, 6.07) is 4.83. The fourth-order valence-corrected chi connectivity index (χ4v) is 2.65. The molecule has 2 aliphatic rings. The van der Waals surface area contributed by atoms with E-state index in [9.17, 15) is 9.18 Å². The molecule has 1 aromatic carbocycles. The Morgan fingerprint density at radius 2 is 2.09 bits per heavy atom. The van der Waals surface area contributed by atoms with Gasteiger partial charge >= 0.3 is 6.09 Å². The zero-order valence-corrected chi connectivity index (χ0v) is 12.5. The molecular formula is C16H19FN2O3. The number of carbonyl (C=O) groups excluding carboxylic acids is 1. The molecule has 2 heterocycles. The first-order valence-corrected chi connectivity index (χ1v) is 7.32. The summed E-state index contributed by atoms with van der Waals surface area (Å²) in [4.78, 5) is 15.3. The van der Waals surface area contributed by atoms with E-state index in [0.29, 0.717) is 44.2 Å². The number of benzene rings is 1. The average molecular weight is 306 g/mol. The standard InChI is InChI=1S/C16H19FN2O3/c1-11(2)15-10-19(16(20)22-15)12-3-4-14(13(17)9-12)18-5-7-21-8-6-18/h3-4,9,15H,1,5-8,10H2,2H3. The number of morpholine rings is 1. The maximum atomic E-state index is 14.4. The van der Waals surface area contributed by atoms with Crippen molar-refractivity contribution in [1.29, 1.82) is 0 Å². The smallest absolute Gasteiger partial charge is 0.415 e. The average Bonchev–Trinajstić information content (AvgIpc) is 2.90. The Kier molecular flexibility index (Phi) is 4.02. The van der Waals surface area contributed by atoms with Gasteiger partial charge in [0.25, 0.3) is 0 Å². The zero-order chi connectivity index (χ0) is 15.7. The Morgan fingerprint density at radius 1 is 1.36 bits per heavy atom. The van der Waals surface area contributed by atoms with E-state index in [1.54, 1.807) is 12.1 Å². The molecule has 0 bridgehead atoms. The second kappa shape index (κ2) is 5.96. The lowest BCUT2D eigenvalue weighted by Crippen LogP contribution is -2.36. The largest absolute Gasteiger partial charge is 0.439 e. The molecule has 0 saturated carbocycles. The van der Waals surface area contributed by atoms with Crippen LogP contribution in [0.1, 0.15) is 6.92 Å². The normalized spacial score (nSPS) is 21.9. The lowest BCUT2D eigenvalue weighted by Gasteiger charge is -2.29. The predicted octanol–water partition coefficient (Wildman–Crippen LogP) is 2.56. The summed E-state index contributed by atoms with van der Waals surface area (Å²) in [7, 11) is 0. The van der Waals surface area contributed by atoms with Gasteiger partial charge in [0.1, 0.15) is 11.9 Å². The lowest BCUT2D eigenvalue weighted by molar-refractivity contribution is 0.122. The Balaban J connectivity index is 1.80. The van der Waals surface area contributed by atoms with E-state index < -0.39 is 6.09 Å². The molecule has 2 aliphatic heterocycles. The van der Waals surface area contributed by atoms with E-state index in [-0.39, 0.29) is 11.9 Å². The van der Waals surface area contributed by atoms with E-state index in [2.05, 4.69) is 6.58 Å². The van der Waals surface area contributed by atoms with Crippen LogP contribution in [0.3, 0.4) is 0 Å². The fourth-order valence-electron chi connectivity index (χ4n) is 2.65. The highest BCUT2D eigenvalue weighted by atomic mass is 19.1. The fraction of sp³-hybridized carbons (Fsp3) is 0.438. The van der Waals surface area contributed by atoms with Crippen LogP contribution >= 0.6 is 0 Å². The third-order valence-electron chi connectivity index (χ3n) is 3.96. The van der Waals surface area contributed by atoms with E-state index in [1.165, 1.54) is 11.0 Å². The molecule has 0 aromatic heterocycles. The van der Waals surface area contributed by atoms with Crippen LogP contribution in [0, 0.1) is 5.82 Å². The minimum absolute atomic E-state index is 0.338. The van der Waals surface area contributed by atoms with Crippen molar-refractivity contribution >= 4 is 17.5 Å². The number of carbonyl (C=O) groups is 1. The first-order chi connectivity index (χ1) is 10.6. The van der Waals surface area contributed by atoms with Crippen molar-refractivity contribution in [3.8, 4) is 0 Å². The van der Waals surface area contributed by atoms with Crippen molar-refractivity contribution in [2.75, 3.05) is 42.6 Å². The van der Waals surface area contributed by atoms with E-state index in [4.69, 9.17) is 9.47 Å². The van der Waals surface area contributed by atoms with Gasteiger partial charge in [-0.15, -0.1) is 0 Å². The molecule has 1 aromatic rings. The summed E-state index contributed by atoms with van der Waals surface area (Å²) in [5, 5.41) is 0. The van der Waals surface area contributed by atoms with Gasteiger partial charge < -0.3 is 14.4 Å². The zero-order valence-electron chi connectivity index (χ0n) is 12.5. The van der Waals surface area contributed by atoms with E-state index >= 15 is 0 Å². The molecule has 0 spiro atoms. The Labute approximate surface area is 128 Å². The number of cyclic esters (lactones) is 1. The van der Waals surface area contributed by atoms with Crippen LogP contribution in [0.5, 0.6) is 0 Å². The molecule has 0 aliphatic carbocycles. The second-order valence-electron chi connectivity index (χ2n) is 5.56. The van der Waals surface area contributed by atoms with Gasteiger partial charge in [-0.3, -0.25) is 4.90 Å². The van der Waals surface area contributed by atoms with Crippen molar-refractivity contribution in [2.24, 2.45) is 0 Å². The lowest BCUT2D eigenvalue weighted by atomic mass is 10.2. The Bertz CT molecular complexity index is 599. The minimum Gasteiger partial charge on any atom is -0.439 e. The summed E-state index contributed by atoms with van der Waals surface area (Å²) < 4.78 is 24.9. The first kappa shape index (κ1) is 14.8. The van der Waals surface area contributed by atoms with Gasteiger partial charge in [0.05, 0.1) is 31.1 Å². The number of nitrogens with zero attached hydrogens (tertiary/aromatic N) is 2. The van der Waals surface area contributed by atoms with Crippen LogP contribution < -0.4 is 9.80 Å². The van der Waals surface area contributed by atoms with Gasteiger partial charge in [-0.05, 0) is 30.7 Å². The summed E-state index contributed by atoms with van der Waals surface area (Å²) in [6.07, 6.45) is -0.805. The molecule has 6 heteroatoms. The third kappa shape index (κ3) is 2.78. The topological polar surface area (TPSA) is 42.0 Å². The maximum Gasteiger partial charge on any atom is 0.415 e. The van der Waals surface area contributed by atoms with Crippen LogP contribution in [-0.4, -0.2) is 45.0 Å². The number of amides is 1. The number of anilines is 2. The van der Waals surface area contributed by atoms with Gasteiger partial charge in [-0.1, -0.05) is 6.58 Å². The van der Waals surface area contributed by atoms with Crippen LogP contribution in [0.4, 0.5) is 20.6 Å². The van der Waals surface area contributed by atoms with Gasteiger partial charge in [0.2, 0.25) is 0 Å². The van der Waals surface area contributed by atoms with Gasteiger partial charge in [-0.2, -0.15) is 0 Å². The van der Waals surface area contributed by atoms with Crippen molar-refractivity contribution in [3.05, 3.63) is 36.2 Å². The van der Waals surface area contributed by atoms with Crippen molar-refractivity contribution < 1.29 is 18.7 Å². The quantitative estimate of drug-likeness (QED) is 0.805. The maximum absolute atomic E-state index is 14.4. The highest BCUT2D eigenvalue weighted by Gasteiger charge is 2.33. The molecule has 3 rings (SSSR count). The van der Waals surface area contributed by atoms with Gasteiger partial charge in [0, 0.05) is 13.1 Å². The number of hydrogen-bond acceptors (Lipinski definition) is 4. The van der Waals surface area contributed by atoms with Crippen molar-refractivity contribution in [1.82, 2.24) is 0 Å². The molecule has 1 atom stereocenters. The van der Waals surface area contributed by atoms with E-state index in [1.807, 2.05) is 11.8 Å². The summed E-state index contributed by atoms with van der Waals surface area (Å²) in [5.41, 5.74) is 1.82. The molecule has 118 valence electrons.